The number of alkyl halides is 3. The number of aliphatic hydroxyl groups is 1. The van der Waals surface area contributed by atoms with Gasteiger partial charge in [0.1, 0.15) is 0 Å². The molecular weight excluding hydrogens is 293 g/mol. The number of aromatic nitrogens is 1. The van der Waals surface area contributed by atoms with Crippen LogP contribution in [0.1, 0.15) is 22.3 Å². The minimum atomic E-state index is -4.64. The van der Waals surface area contributed by atoms with Gasteiger partial charge in [-0.25, -0.2) is 0 Å². The van der Waals surface area contributed by atoms with Gasteiger partial charge in [-0.1, -0.05) is 0 Å². The van der Waals surface area contributed by atoms with Crippen molar-refractivity contribution < 1.29 is 23.1 Å². The highest BCUT2D eigenvalue weighted by atomic mass is 32.2. The molecule has 0 radical (unpaired) electrons. The quantitative estimate of drug-likeness (QED) is 0.892. The number of hydrogen-bond donors (Lipinski definition) is 2. The number of hydrogen-bond acceptors (Lipinski definition) is 4. The van der Waals surface area contributed by atoms with Gasteiger partial charge in [0.2, 0.25) is 0 Å². The lowest BCUT2D eigenvalue weighted by Gasteiger charge is -2.22. The third kappa shape index (κ3) is 3.43. The first kappa shape index (κ1) is 15.1. The van der Waals surface area contributed by atoms with Crippen molar-refractivity contribution in [2.75, 3.05) is 18.1 Å². The van der Waals surface area contributed by atoms with E-state index in [1.54, 1.807) is 11.8 Å². The summed E-state index contributed by atoms with van der Waals surface area (Å²) in [7, 11) is 0. The van der Waals surface area contributed by atoms with Crippen molar-refractivity contribution in [3.8, 4) is 0 Å². The van der Waals surface area contributed by atoms with E-state index in [1.165, 1.54) is 0 Å². The zero-order chi connectivity index (χ0) is 14.8. The maximum absolute atomic E-state index is 12.8. The summed E-state index contributed by atoms with van der Waals surface area (Å²) in [6.07, 6.45) is -2.37. The van der Waals surface area contributed by atoms with Gasteiger partial charge in [0.15, 0.2) is 0 Å². The molecule has 0 aromatic carbocycles. The lowest BCUT2D eigenvalue weighted by atomic mass is 10.0. The molecule has 1 aromatic heterocycles. The first-order valence-electron chi connectivity index (χ1n) is 5.91. The molecule has 1 aliphatic rings. The van der Waals surface area contributed by atoms with Gasteiger partial charge in [0.25, 0.3) is 5.91 Å². The van der Waals surface area contributed by atoms with Crippen LogP contribution in [0, 0.1) is 0 Å². The second kappa shape index (κ2) is 5.61. The van der Waals surface area contributed by atoms with Crippen LogP contribution in [-0.2, 0) is 6.18 Å². The summed E-state index contributed by atoms with van der Waals surface area (Å²) >= 11 is 1.54. The predicted molar refractivity (Wildman–Crippen MR) is 68.5 cm³/mol. The average molecular weight is 306 g/mol. The number of halogens is 3. The minimum absolute atomic E-state index is 0.0571. The molecule has 1 fully saturated rings. The van der Waals surface area contributed by atoms with Crippen molar-refractivity contribution in [2.24, 2.45) is 0 Å². The predicted octanol–water partition coefficient (Wildman–Crippen LogP) is 1.70. The Balaban J connectivity index is 2.10. The summed E-state index contributed by atoms with van der Waals surface area (Å²) in [5.41, 5.74) is -2.60. The van der Waals surface area contributed by atoms with E-state index in [0.29, 0.717) is 18.4 Å². The van der Waals surface area contributed by atoms with Crippen LogP contribution in [0.2, 0.25) is 0 Å². The Kier molecular flexibility index (Phi) is 4.24. The molecule has 0 saturated carbocycles. The fourth-order valence-corrected chi connectivity index (χ4v) is 3.19. The zero-order valence-corrected chi connectivity index (χ0v) is 11.2. The molecule has 0 aliphatic carbocycles. The van der Waals surface area contributed by atoms with E-state index in [-0.39, 0.29) is 6.54 Å². The smallest absolute Gasteiger partial charge is 0.387 e. The van der Waals surface area contributed by atoms with Crippen LogP contribution in [0.3, 0.4) is 0 Å². The van der Waals surface area contributed by atoms with Gasteiger partial charge in [-0.05, 0) is 18.2 Å². The standard InChI is InChI=1S/C12H13F3N2O2S/c13-12(14,15)9-5-16-3-1-8(9)10(18)17-6-11(19)2-4-20-7-11/h1,3,5,19H,2,4,6-7H2,(H,17,18)/t11-/m0/s1. The summed E-state index contributed by atoms with van der Waals surface area (Å²) in [5, 5.41) is 12.4. The number of pyridine rings is 1. The molecule has 2 heterocycles. The fourth-order valence-electron chi connectivity index (χ4n) is 1.89. The number of carbonyl (C=O) groups excluding carboxylic acids is 1. The van der Waals surface area contributed by atoms with Crippen molar-refractivity contribution in [2.45, 2.75) is 18.2 Å². The fraction of sp³-hybridized carbons (Fsp3) is 0.500. The summed E-state index contributed by atoms with van der Waals surface area (Å²) in [4.78, 5) is 15.2. The van der Waals surface area contributed by atoms with E-state index in [9.17, 15) is 23.1 Å². The largest absolute Gasteiger partial charge is 0.418 e. The Morgan fingerprint density at radius 2 is 2.30 bits per heavy atom. The number of amides is 1. The molecule has 1 saturated heterocycles. The maximum Gasteiger partial charge on any atom is 0.418 e. The third-order valence-electron chi connectivity index (χ3n) is 3.03. The second-order valence-corrected chi connectivity index (χ2v) is 5.73. The molecule has 4 nitrogen and oxygen atoms in total. The summed E-state index contributed by atoms with van der Waals surface area (Å²) in [6.45, 7) is -0.0571. The van der Waals surface area contributed by atoms with E-state index in [4.69, 9.17) is 0 Å². The van der Waals surface area contributed by atoms with Gasteiger partial charge in [-0.15, -0.1) is 0 Å². The van der Waals surface area contributed by atoms with Crippen LogP contribution < -0.4 is 5.32 Å². The highest BCUT2D eigenvalue weighted by molar-refractivity contribution is 7.99. The summed E-state index contributed by atoms with van der Waals surface area (Å²) < 4.78 is 38.3. The molecule has 1 atom stereocenters. The topological polar surface area (TPSA) is 62.2 Å². The number of carbonyl (C=O) groups is 1. The maximum atomic E-state index is 12.8. The van der Waals surface area contributed by atoms with E-state index in [2.05, 4.69) is 10.3 Å². The average Bonchev–Trinajstić information content (AvgIpc) is 2.82. The molecule has 8 heteroatoms. The van der Waals surface area contributed by atoms with Crippen molar-refractivity contribution in [3.63, 3.8) is 0 Å². The highest BCUT2D eigenvalue weighted by Gasteiger charge is 2.36. The van der Waals surface area contributed by atoms with Crippen LogP contribution in [0.5, 0.6) is 0 Å². The lowest BCUT2D eigenvalue weighted by molar-refractivity contribution is -0.138. The van der Waals surface area contributed by atoms with Crippen LogP contribution >= 0.6 is 11.8 Å². The van der Waals surface area contributed by atoms with Gasteiger partial charge in [-0.2, -0.15) is 24.9 Å². The molecule has 0 bridgehead atoms. The van der Waals surface area contributed by atoms with Crippen LogP contribution in [0.15, 0.2) is 18.5 Å². The monoisotopic (exact) mass is 306 g/mol. The van der Waals surface area contributed by atoms with E-state index >= 15 is 0 Å². The number of thioether (sulfide) groups is 1. The Labute approximate surface area is 117 Å². The van der Waals surface area contributed by atoms with Crippen molar-refractivity contribution in [3.05, 3.63) is 29.6 Å². The third-order valence-corrected chi connectivity index (χ3v) is 4.27. The van der Waals surface area contributed by atoms with E-state index < -0.39 is 28.8 Å². The Bertz CT molecular complexity index is 502. The van der Waals surface area contributed by atoms with Crippen molar-refractivity contribution in [1.29, 1.82) is 0 Å². The minimum Gasteiger partial charge on any atom is -0.387 e. The second-order valence-electron chi connectivity index (χ2n) is 4.63. The molecule has 0 unspecified atom stereocenters. The first-order valence-corrected chi connectivity index (χ1v) is 7.07. The number of nitrogens with zero attached hydrogens (tertiary/aromatic N) is 1. The molecule has 20 heavy (non-hydrogen) atoms. The highest BCUT2D eigenvalue weighted by Crippen LogP contribution is 2.31. The number of nitrogens with one attached hydrogen (secondary N) is 1. The molecule has 1 aliphatic heterocycles. The molecule has 1 aromatic rings. The normalized spacial score (nSPS) is 22.8. The van der Waals surface area contributed by atoms with Gasteiger partial charge in [0.05, 0.1) is 16.7 Å². The van der Waals surface area contributed by atoms with Crippen molar-refractivity contribution in [1.82, 2.24) is 10.3 Å². The Morgan fingerprint density at radius 3 is 2.90 bits per heavy atom. The van der Waals surface area contributed by atoms with E-state index in [1.807, 2.05) is 0 Å². The van der Waals surface area contributed by atoms with E-state index in [0.717, 1.165) is 18.0 Å². The van der Waals surface area contributed by atoms with Crippen LogP contribution in [-0.4, -0.2) is 39.6 Å². The van der Waals surface area contributed by atoms with Crippen molar-refractivity contribution >= 4 is 17.7 Å². The molecular formula is C12H13F3N2O2S. The van der Waals surface area contributed by atoms with Crippen LogP contribution in [0.4, 0.5) is 13.2 Å². The molecule has 1 amide bonds. The SMILES string of the molecule is O=C(NC[C@@]1(O)CCSC1)c1ccncc1C(F)(F)F. The molecule has 2 N–H and O–H groups in total. The molecule has 2 rings (SSSR count). The summed E-state index contributed by atoms with van der Waals surface area (Å²) in [6, 6.07) is 1.02. The Morgan fingerprint density at radius 1 is 1.55 bits per heavy atom. The van der Waals surface area contributed by atoms with Gasteiger partial charge >= 0.3 is 6.18 Å². The van der Waals surface area contributed by atoms with Gasteiger partial charge in [0, 0.05) is 24.7 Å². The molecule has 110 valence electrons. The van der Waals surface area contributed by atoms with Gasteiger partial charge < -0.3 is 10.4 Å². The van der Waals surface area contributed by atoms with Gasteiger partial charge in [-0.3, -0.25) is 9.78 Å². The summed E-state index contributed by atoms with van der Waals surface area (Å²) in [5.74, 6) is 0.385. The zero-order valence-electron chi connectivity index (χ0n) is 10.4. The van der Waals surface area contributed by atoms with Crippen LogP contribution in [0.25, 0.3) is 0 Å². The first-order chi connectivity index (χ1) is 9.32. The lowest BCUT2D eigenvalue weighted by Crippen LogP contribution is -2.43. The molecule has 0 spiro atoms. The Hall–Kier alpha value is -1.28. The number of rotatable bonds is 3.